The van der Waals surface area contributed by atoms with Crippen molar-refractivity contribution in [2.45, 2.75) is 25.0 Å². The maximum Gasteiger partial charge on any atom is 0.343 e. The summed E-state index contributed by atoms with van der Waals surface area (Å²) in [6, 6.07) is 18.1. The van der Waals surface area contributed by atoms with Gasteiger partial charge in [-0.3, -0.25) is 4.57 Å². The monoisotopic (exact) mass is 355 g/mol. The maximum atomic E-state index is 11.9. The number of aromatic amines is 1. The molecule has 0 amide bonds. The molecule has 0 bridgehead atoms. The van der Waals surface area contributed by atoms with Gasteiger partial charge in [0.05, 0.1) is 6.61 Å². The van der Waals surface area contributed by atoms with Gasteiger partial charge >= 0.3 is 5.69 Å². The molecule has 0 unspecified atom stereocenters. The summed E-state index contributed by atoms with van der Waals surface area (Å²) >= 11 is 1.52. The number of benzene rings is 2. The van der Waals surface area contributed by atoms with Gasteiger partial charge in [-0.25, -0.2) is 9.89 Å². The molecule has 1 heterocycles. The lowest BCUT2D eigenvalue weighted by atomic mass is 10.1. The zero-order chi connectivity index (χ0) is 17.5. The van der Waals surface area contributed by atoms with Crippen molar-refractivity contribution >= 4 is 11.8 Å². The van der Waals surface area contributed by atoms with E-state index in [0.717, 1.165) is 17.9 Å². The summed E-state index contributed by atoms with van der Waals surface area (Å²) in [5.74, 6) is 1.58. The van der Waals surface area contributed by atoms with E-state index in [1.54, 1.807) is 4.57 Å². The van der Waals surface area contributed by atoms with Crippen molar-refractivity contribution in [1.29, 1.82) is 0 Å². The molecule has 0 aliphatic rings. The fourth-order valence-corrected chi connectivity index (χ4v) is 3.21. The number of nitrogens with zero attached hydrogens (tertiary/aromatic N) is 2. The Bertz CT molecular complexity index is 841. The van der Waals surface area contributed by atoms with E-state index >= 15 is 0 Å². The van der Waals surface area contributed by atoms with Gasteiger partial charge in [0.25, 0.3) is 0 Å². The molecule has 0 saturated heterocycles. The summed E-state index contributed by atoms with van der Waals surface area (Å²) in [6.45, 7) is 3.22. The van der Waals surface area contributed by atoms with E-state index in [2.05, 4.69) is 22.3 Å². The molecule has 1 aromatic heterocycles. The molecule has 25 heavy (non-hydrogen) atoms. The smallest absolute Gasteiger partial charge is 0.343 e. The number of H-pyrrole nitrogens is 1. The average molecular weight is 355 g/mol. The third-order valence-electron chi connectivity index (χ3n) is 3.79. The van der Waals surface area contributed by atoms with E-state index in [9.17, 15) is 4.79 Å². The standard InChI is InChI=1S/C19H21N3O2S/c1-15-7-9-17(10-8-15)24-13-14-25-19-21-20-18(23)22(19)12-11-16-5-3-2-4-6-16/h2-10H,11-14H2,1H3,(H,20,23). The third kappa shape index (κ3) is 5.00. The summed E-state index contributed by atoms with van der Waals surface area (Å²) in [5, 5.41) is 7.35. The van der Waals surface area contributed by atoms with Crippen molar-refractivity contribution in [3.8, 4) is 5.75 Å². The van der Waals surface area contributed by atoms with Crippen LogP contribution in [0, 0.1) is 6.92 Å². The van der Waals surface area contributed by atoms with Crippen molar-refractivity contribution < 1.29 is 4.74 Å². The SMILES string of the molecule is Cc1ccc(OCCSc2n[nH]c(=O)n2CCc2ccccc2)cc1. The van der Waals surface area contributed by atoms with Crippen LogP contribution in [0.4, 0.5) is 0 Å². The van der Waals surface area contributed by atoms with E-state index in [-0.39, 0.29) is 5.69 Å². The van der Waals surface area contributed by atoms with Gasteiger partial charge in [-0.05, 0) is 31.0 Å². The van der Waals surface area contributed by atoms with Crippen LogP contribution in [0.2, 0.25) is 0 Å². The number of rotatable bonds is 8. The lowest BCUT2D eigenvalue weighted by Crippen LogP contribution is -2.19. The fourth-order valence-electron chi connectivity index (χ4n) is 2.42. The molecule has 0 aliphatic carbocycles. The first kappa shape index (κ1) is 17.4. The minimum absolute atomic E-state index is 0.169. The highest BCUT2D eigenvalue weighted by Gasteiger charge is 2.09. The Morgan fingerprint density at radius 3 is 2.64 bits per heavy atom. The Kier molecular flexibility index (Phi) is 5.95. The molecule has 5 nitrogen and oxygen atoms in total. The zero-order valence-corrected chi connectivity index (χ0v) is 15.0. The number of ether oxygens (including phenoxy) is 1. The van der Waals surface area contributed by atoms with Gasteiger partial charge in [-0.1, -0.05) is 59.8 Å². The first-order chi connectivity index (χ1) is 12.2. The molecule has 3 rings (SSSR count). The van der Waals surface area contributed by atoms with Crippen LogP contribution in [0.15, 0.2) is 64.5 Å². The van der Waals surface area contributed by atoms with Crippen molar-refractivity contribution in [3.63, 3.8) is 0 Å². The van der Waals surface area contributed by atoms with Gasteiger partial charge < -0.3 is 4.74 Å². The predicted molar refractivity (Wildman–Crippen MR) is 100 cm³/mol. The molecule has 130 valence electrons. The van der Waals surface area contributed by atoms with Crippen LogP contribution in [0.3, 0.4) is 0 Å². The summed E-state index contributed by atoms with van der Waals surface area (Å²) in [4.78, 5) is 11.9. The first-order valence-electron chi connectivity index (χ1n) is 8.24. The number of aromatic nitrogens is 3. The molecule has 6 heteroatoms. The maximum absolute atomic E-state index is 11.9. The molecule has 1 N–H and O–H groups in total. The van der Waals surface area contributed by atoms with Crippen LogP contribution >= 0.6 is 11.8 Å². The molecule has 0 spiro atoms. The highest BCUT2D eigenvalue weighted by Crippen LogP contribution is 2.16. The second-order valence-corrected chi connectivity index (χ2v) is 6.77. The van der Waals surface area contributed by atoms with E-state index in [0.29, 0.717) is 18.3 Å². The molecule has 0 saturated carbocycles. The second kappa shape index (κ2) is 8.58. The number of hydrogen-bond donors (Lipinski definition) is 1. The summed E-state index contributed by atoms with van der Waals surface area (Å²) in [5.41, 5.74) is 2.24. The van der Waals surface area contributed by atoms with Crippen LogP contribution in [0.1, 0.15) is 11.1 Å². The molecule has 0 atom stereocenters. The highest BCUT2D eigenvalue weighted by atomic mass is 32.2. The molecular weight excluding hydrogens is 334 g/mol. The van der Waals surface area contributed by atoms with Crippen LogP contribution in [-0.2, 0) is 13.0 Å². The largest absolute Gasteiger partial charge is 0.493 e. The van der Waals surface area contributed by atoms with Crippen LogP contribution in [0.25, 0.3) is 0 Å². The quantitative estimate of drug-likeness (QED) is 0.497. The Hall–Kier alpha value is -2.47. The van der Waals surface area contributed by atoms with Gasteiger partial charge in [0.1, 0.15) is 5.75 Å². The van der Waals surface area contributed by atoms with Gasteiger partial charge in [0, 0.05) is 12.3 Å². The summed E-state index contributed by atoms with van der Waals surface area (Å²) in [6.07, 6.45) is 0.799. The number of nitrogens with one attached hydrogen (secondary N) is 1. The molecule has 2 aromatic carbocycles. The molecule has 0 aliphatic heterocycles. The van der Waals surface area contributed by atoms with E-state index in [4.69, 9.17) is 4.74 Å². The van der Waals surface area contributed by atoms with Gasteiger partial charge in [0.15, 0.2) is 5.16 Å². The minimum atomic E-state index is -0.169. The van der Waals surface area contributed by atoms with E-state index < -0.39 is 0 Å². The normalized spacial score (nSPS) is 10.8. The predicted octanol–water partition coefficient (Wildman–Crippen LogP) is 3.29. The van der Waals surface area contributed by atoms with E-state index in [1.165, 1.54) is 22.9 Å². The second-order valence-electron chi connectivity index (χ2n) is 5.71. The molecule has 0 radical (unpaired) electrons. The lowest BCUT2D eigenvalue weighted by molar-refractivity contribution is 0.343. The summed E-state index contributed by atoms with van der Waals surface area (Å²) in [7, 11) is 0. The summed E-state index contributed by atoms with van der Waals surface area (Å²) < 4.78 is 7.40. The van der Waals surface area contributed by atoms with Gasteiger partial charge in [0.2, 0.25) is 0 Å². The first-order valence-corrected chi connectivity index (χ1v) is 9.22. The third-order valence-corrected chi connectivity index (χ3v) is 4.74. The van der Waals surface area contributed by atoms with Crippen molar-refractivity contribution in [3.05, 3.63) is 76.2 Å². The minimum Gasteiger partial charge on any atom is -0.493 e. The van der Waals surface area contributed by atoms with E-state index in [1.807, 2.05) is 49.4 Å². The number of aryl methyl sites for hydroxylation is 2. The van der Waals surface area contributed by atoms with Crippen LogP contribution in [0.5, 0.6) is 5.75 Å². The van der Waals surface area contributed by atoms with Crippen molar-refractivity contribution in [1.82, 2.24) is 14.8 Å². The van der Waals surface area contributed by atoms with Gasteiger partial charge in [-0.15, -0.1) is 5.10 Å². The topological polar surface area (TPSA) is 59.9 Å². The molecular formula is C19H21N3O2S. The average Bonchev–Trinajstić information content (AvgIpc) is 2.99. The number of hydrogen-bond acceptors (Lipinski definition) is 4. The van der Waals surface area contributed by atoms with Crippen LogP contribution in [-0.4, -0.2) is 27.1 Å². The Morgan fingerprint density at radius 1 is 1.12 bits per heavy atom. The zero-order valence-electron chi connectivity index (χ0n) is 14.1. The Labute approximate surface area is 151 Å². The van der Waals surface area contributed by atoms with Crippen LogP contribution < -0.4 is 10.4 Å². The molecule has 3 aromatic rings. The van der Waals surface area contributed by atoms with Gasteiger partial charge in [-0.2, -0.15) is 0 Å². The highest BCUT2D eigenvalue weighted by molar-refractivity contribution is 7.99. The van der Waals surface area contributed by atoms with Crippen molar-refractivity contribution in [2.24, 2.45) is 0 Å². The fraction of sp³-hybridized carbons (Fsp3) is 0.263. The Balaban J connectivity index is 1.51. The number of thioether (sulfide) groups is 1. The lowest BCUT2D eigenvalue weighted by Gasteiger charge is -2.07. The Morgan fingerprint density at radius 2 is 1.88 bits per heavy atom. The molecule has 0 fully saturated rings. The van der Waals surface area contributed by atoms with Crippen molar-refractivity contribution in [2.75, 3.05) is 12.4 Å².